The van der Waals surface area contributed by atoms with Crippen molar-refractivity contribution in [1.82, 2.24) is 30.6 Å². The Hall–Kier alpha value is -3.42. The SMILES string of the molecule is O=C(Nc1cn[nH]c1)c1n[nH]c2cc(-c3cn[nH]c3)ccc12. The molecule has 22 heavy (non-hydrogen) atoms. The van der Waals surface area contributed by atoms with Gasteiger partial charge >= 0.3 is 0 Å². The van der Waals surface area contributed by atoms with Crippen molar-refractivity contribution < 1.29 is 4.79 Å². The molecule has 0 bridgehead atoms. The molecule has 8 nitrogen and oxygen atoms in total. The number of aromatic amines is 3. The van der Waals surface area contributed by atoms with Gasteiger partial charge in [0.2, 0.25) is 0 Å². The molecule has 4 N–H and O–H groups in total. The van der Waals surface area contributed by atoms with Gasteiger partial charge in [-0.1, -0.05) is 6.07 Å². The van der Waals surface area contributed by atoms with E-state index in [0.29, 0.717) is 11.4 Å². The van der Waals surface area contributed by atoms with Gasteiger partial charge in [-0.25, -0.2) is 0 Å². The first-order chi connectivity index (χ1) is 10.8. The van der Waals surface area contributed by atoms with E-state index in [1.54, 1.807) is 12.4 Å². The Balaban J connectivity index is 1.69. The highest BCUT2D eigenvalue weighted by molar-refractivity contribution is 6.11. The quantitative estimate of drug-likeness (QED) is 0.462. The van der Waals surface area contributed by atoms with Gasteiger partial charge in [0.1, 0.15) is 0 Å². The van der Waals surface area contributed by atoms with Crippen LogP contribution in [0.25, 0.3) is 22.0 Å². The Morgan fingerprint density at radius 1 is 1.05 bits per heavy atom. The number of fused-ring (bicyclic) bond motifs is 1. The second-order valence-electron chi connectivity index (χ2n) is 4.76. The van der Waals surface area contributed by atoms with Crippen LogP contribution in [0.15, 0.2) is 43.0 Å². The highest BCUT2D eigenvalue weighted by Crippen LogP contribution is 2.24. The molecule has 0 radical (unpaired) electrons. The van der Waals surface area contributed by atoms with Gasteiger partial charge in [0.15, 0.2) is 5.69 Å². The first-order valence-electron chi connectivity index (χ1n) is 6.59. The van der Waals surface area contributed by atoms with E-state index in [4.69, 9.17) is 0 Å². The summed E-state index contributed by atoms with van der Waals surface area (Å²) in [6.07, 6.45) is 6.68. The standard InChI is InChI=1S/C14H11N7O/c22-14(19-10-6-17-18-7-10)13-11-2-1-8(3-12(11)20-21-13)9-4-15-16-5-9/h1-7H,(H,15,16)(H,17,18)(H,19,22)(H,20,21). The predicted molar refractivity (Wildman–Crippen MR) is 80.2 cm³/mol. The van der Waals surface area contributed by atoms with E-state index >= 15 is 0 Å². The summed E-state index contributed by atoms with van der Waals surface area (Å²) < 4.78 is 0. The zero-order chi connectivity index (χ0) is 14.9. The van der Waals surface area contributed by atoms with Crippen molar-refractivity contribution in [3.05, 3.63) is 48.7 Å². The van der Waals surface area contributed by atoms with Crippen molar-refractivity contribution in [3.8, 4) is 11.1 Å². The van der Waals surface area contributed by atoms with Crippen molar-refractivity contribution in [2.24, 2.45) is 0 Å². The third kappa shape index (κ3) is 2.03. The zero-order valence-electron chi connectivity index (χ0n) is 11.3. The average Bonchev–Trinajstić information content (AvgIpc) is 3.27. The topological polar surface area (TPSA) is 115 Å². The number of aromatic nitrogens is 6. The number of carbonyl (C=O) groups excluding carboxylic acids is 1. The van der Waals surface area contributed by atoms with Crippen LogP contribution in [0.3, 0.4) is 0 Å². The third-order valence-electron chi connectivity index (χ3n) is 3.37. The second kappa shape index (κ2) is 4.85. The zero-order valence-corrected chi connectivity index (χ0v) is 11.3. The Morgan fingerprint density at radius 3 is 2.68 bits per heavy atom. The van der Waals surface area contributed by atoms with Gasteiger partial charge in [0.25, 0.3) is 5.91 Å². The molecular formula is C14H11N7O. The molecule has 8 heteroatoms. The van der Waals surface area contributed by atoms with Gasteiger partial charge in [-0.3, -0.25) is 20.1 Å². The van der Waals surface area contributed by atoms with Crippen LogP contribution in [0.1, 0.15) is 10.5 Å². The van der Waals surface area contributed by atoms with Gasteiger partial charge in [-0.05, 0) is 17.7 Å². The molecule has 1 amide bonds. The van der Waals surface area contributed by atoms with E-state index in [-0.39, 0.29) is 5.91 Å². The molecule has 0 spiro atoms. The Kier molecular flexibility index (Phi) is 2.72. The highest BCUT2D eigenvalue weighted by atomic mass is 16.1. The summed E-state index contributed by atoms with van der Waals surface area (Å²) in [6, 6.07) is 5.73. The number of anilines is 1. The monoisotopic (exact) mass is 293 g/mol. The van der Waals surface area contributed by atoms with Crippen LogP contribution >= 0.6 is 0 Å². The van der Waals surface area contributed by atoms with Crippen LogP contribution in [-0.4, -0.2) is 36.5 Å². The van der Waals surface area contributed by atoms with Crippen LogP contribution in [-0.2, 0) is 0 Å². The first-order valence-corrected chi connectivity index (χ1v) is 6.59. The van der Waals surface area contributed by atoms with Crippen LogP contribution in [0.2, 0.25) is 0 Å². The van der Waals surface area contributed by atoms with Gasteiger partial charge in [-0.2, -0.15) is 15.3 Å². The number of hydrogen-bond acceptors (Lipinski definition) is 4. The molecule has 108 valence electrons. The van der Waals surface area contributed by atoms with Crippen LogP contribution in [0, 0.1) is 0 Å². The molecule has 0 aliphatic rings. The highest BCUT2D eigenvalue weighted by Gasteiger charge is 2.15. The number of benzene rings is 1. The molecule has 0 atom stereocenters. The van der Waals surface area contributed by atoms with E-state index in [2.05, 4.69) is 35.9 Å². The third-order valence-corrected chi connectivity index (χ3v) is 3.37. The van der Waals surface area contributed by atoms with E-state index in [0.717, 1.165) is 22.0 Å². The maximum absolute atomic E-state index is 12.3. The summed E-state index contributed by atoms with van der Waals surface area (Å²) in [4.78, 5) is 12.3. The Morgan fingerprint density at radius 2 is 1.91 bits per heavy atom. The lowest BCUT2D eigenvalue weighted by Gasteiger charge is -2.00. The smallest absolute Gasteiger partial charge is 0.276 e. The number of rotatable bonds is 3. The molecule has 1 aromatic carbocycles. The molecule has 0 unspecified atom stereocenters. The first kappa shape index (κ1) is 12.3. The molecule has 3 heterocycles. The minimum atomic E-state index is -0.288. The summed E-state index contributed by atoms with van der Waals surface area (Å²) in [5.41, 5.74) is 3.69. The number of H-pyrrole nitrogens is 3. The fourth-order valence-electron chi connectivity index (χ4n) is 2.29. The van der Waals surface area contributed by atoms with Gasteiger partial charge in [-0.15, -0.1) is 0 Å². The lowest BCUT2D eigenvalue weighted by Crippen LogP contribution is -2.12. The van der Waals surface area contributed by atoms with Crippen LogP contribution in [0.4, 0.5) is 5.69 Å². The second-order valence-corrected chi connectivity index (χ2v) is 4.76. The van der Waals surface area contributed by atoms with Crippen molar-refractivity contribution in [1.29, 1.82) is 0 Å². The maximum Gasteiger partial charge on any atom is 0.276 e. The van der Waals surface area contributed by atoms with Crippen LogP contribution < -0.4 is 5.32 Å². The number of amides is 1. The maximum atomic E-state index is 12.3. The molecule has 3 aromatic heterocycles. The summed E-state index contributed by atoms with van der Waals surface area (Å²) in [5.74, 6) is -0.288. The Bertz CT molecular complexity index is 922. The fraction of sp³-hybridized carbons (Fsp3) is 0. The van der Waals surface area contributed by atoms with Gasteiger partial charge < -0.3 is 5.32 Å². The predicted octanol–water partition coefficient (Wildman–Crippen LogP) is 1.93. The molecule has 4 aromatic rings. The molecule has 0 aliphatic carbocycles. The van der Waals surface area contributed by atoms with Crippen molar-refractivity contribution in [3.63, 3.8) is 0 Å². The van der Waals surface area contributed by atoms with Crippen molar-refractivity contribution >= 4 is 22.5 Å². The summed E-state index contributed by atoms with van der Waals surface area (Å²) >= 11 is 0. The fourth-order valence-corrected chi connectivity index (χ4v) is 2.29. The van der Waals surface area contributed by atoms with Crippen molar-refractivity contribution in [2.75, 3.05) is 5.32 Å². The van der Waals surface area contributed by atoms with E-state index in [9.17, 15) is 4.79 Å². The molecular weight excluding hydrogens is 282 g/mol. The van der Waals surface area contributed by atoms with E-state index in [1.165, 1.54) is 6.20 Å². The number of carbonyl (C=O) groups is 1. The molecule has 0 saturated heterocycles. The van der Waals surface area contributed by atoms with Crippen LogP contribution in [0.5, 0.6) is 0 Å². The molecule has 4 rings (SSSR count). The number of nitrogens with one attached hydrogen (secondary N) is 4. The summed E-state index contributed by atoms with van der Waals surface area (Å²) in [5, 5.41) is 23.6. The minimum absolute atomic E-state index is 0.288. The van der Waals surface area contributed by atoms with Gasteiger partial charge in [0, 0.05) is 23.3 Å². The minimum Gasteiger partial charge on any atom is -0.318 e. The lowest BCUT2D eigenvalue weighted by atomic mass is 10.1. The normalized spacial score (nSPS) is 10.9. The van der Waals surface area contributed by atoms with Crippen molar-refractivity contribution in [2.45, 2.75) is 0 Å². The molecule has 0 fully saturated rings. The number of nitrogens with zero attached hydrogens (tertiary/aromatic N) is 3. The molecule has 0 saturated carbocycles. The van der Waals surface area contributed by atoms with E-state index < -0.39 is 0 Å². The molecule has 0 aliphatic heterocycles. The average molecular weight is 293 g/mol. The summed E-state index contributed by atoms with van der Waals surface area (Å²) in [7, 11) is 0. The number of hydrogen-bond donors (Lipinski definition) is 4. The van der Waals surface area contributed by atoms with E-state index in [1.807, 2.05) is 24.4 Å². The largest absolute Gasteiger partial charge is 0.318 e. The Labute approximate surface area is 123 Å². The summed E-state index contributed by atoms with van der Waals surface area (Å²) in [6.45, 7) is 0. The lowest BCUT2D eigenvalue weighted by molar-refractivity contribution is 0.102. The van der Waals surface area contributed by atoms with Gasteiger partial charge in [0.05, 0.1) is 23.6 Å².